The molecule has 0 nitrogen and oxygen atoms in total. The Morgan fingerprint density at radius 1 is 0.520 bits per heavy atom. The van der Waals surface area contributed by atoms with E-state index in [0.717, 1.165) is 0 Å². The van der Waals surface area contributed by atoms with Crippen LogP contribution in [0.5, 0.6) is 0 Å². The zero-order valence-corrected chi connectivity index (χ0v) is 18.7. The Hall–Kier alpha value is 0.0125. The number of unbranched alkanes of at least 4 members (excludes halogenated alkanes) is 13. The van der Waals surface area contributed by atoms with Gasteiger partial charge in [-0.05, 0) is 25.7 Å². The minimum Gasteiger partial charge on any atom is -0.103 e. The summed E-state index contributed by atoms with van der Waals surface area (Å²) in [5, 5.41) is 4.88. The van der Waals surface area contributed by atoms with Crippen molar-refractivity contribution in [3.63, 3.8) is 0 Å². The molecule has 0 amide bonds. The van der Waals surface area contributed by atoms with Crippen LogP contribution >= 0.6 is 0 Å². The molecule has 0 N–H and O–H groups in total. The van der Waals surface area contributed by atoms with Crippen LogP contribution in [0.2, 0.25) is 15.8 Å². The maximum absolute atomic E-state index is 3.81. The van der Waals surface area contributed by atoms with Gasteiger partial charge in [0.15, 0.2) is 0 Å². The van der Waals surface area contributed by atoms with Crippen LogP contribution < -0.4 is 0 Å². The van der Waals surface area contributed by atoms with Gasteiger partial charge in [-0.3, -0.25) is 0 Å². The smallest absolute Gasteiger partial charge is 0.103 e. The lowest BCUT2D eigenvalue weighted by molar-refractivity contribution is 0.604. The molecule has 0 unspecified atom stereocenters. The predicted octanol–water partition coefficient (Wildman–Crippen LogP) is 9.11. The van der Waals surface area contributed by atoms with Crippen molar-refractivity contribution in [3.8, 4) is 0 Å². The van der Waals surface area contributed by atoms with Crippen molar-refractivity contribution in [2.75, 3.05) is 0 Å². The highest BCUT2D eigenvalue weighted by atomic mass is 27.2. The third kappa shape index (κ3) is 20.2. The molecule has 0 spiro atoms. The molecule has 0 aliphatic carbocycles. The highest BCUT2D eigenvalue weighted by Crippen LogP contribution is 2.19. The van der Waals surface area contributed by atoms with Gasteiger partial charge in [0.05, 0.1) is 0 Å². The van der Waals surface area contributed by atoms with Crippen LogP contribution in [-0.4, -0.2) is 14.1 Å². The molecule has 0 heterocycles. The highest BCUT2D eigenvalue weighted by molar-refractivity contribution is 6.58. The van der Waals surface area contributed by atoms with E-state index in [0.29, 0.717) is 0 Å². The SMILES string of the molecule is C=CCCCCCCC[CH2][Al]([CH2]CCC)[CH2]CCCCCCCC=C. The van der Waals surface area contributed by atoms with E-state index < -0.39 is 14.1 Å². The van der Waals surface area contributed by atoms with Gasteiger partial charge >= 0.3 is 0 Å². The van der Waals surface area contributed by atoms with Crippen molar-refractivity contribution in [2.24, 2.45) is 0 Å². The lowest BCUT2D eigenvalue weighted by Crippen LogP contribution is -2.11. The van der Waals surface area contributed by atoms with E-state index in [1.54, 1.807) is 15.8 Å². The fraction of sp³-hybridized carbons (Fsp3) is 0.833. The molecule has 0 atom stereocenters. The fourth-order valence-electron chi connectivity index (χ4n) is 3.78. The predicted molar refractivity (Wildman–Crippen MR) is 120 cm³/mol. The molecule has 25 heavy (non-hydrogen) atoms. The van der Waals surface area contributed by atoms with Crippen LogP contribution in [0.1, 0.15) is 110 Å². The second-order valence-corrected chi connectivity index (χ2v) is 11.4. The van der Waals surface area contributed by atoms with Crippen LogP contribution in [0, 0.1) is 0 Å². The second kappa shape index (κ2) is 22.1. The molecule has 0 aliphatic heterocycles. The fourth-order valence-corrected chi connectivity index (χ4v) is 7.37. The molecule has 0 bridgehead atoms. The van der Waals surface area contributed by atoms with Crippen molar-refractivity contribution in [1.82, 2.24) is 0 Å². The van der Waals surface area contributed by atoms with E-state index in [9.17, 15) is 0 Å². The van der Waals surface area contributed by atoms with E-state index in [1.807, 2.05) is 0 Å². The third-order valence-corrected chi connectivity index (χ3v) is 9.18. The minimum atomic E-state index is -0.418. The summed E-state index contributed by atoms with van der Waals surface area (Å²) in [6, 6.07) is 0. The third-order valence-electron chi connectivity index (χ3n) is 5.51. The topological polar surface area (TPSA) is 0 Å². The van der Waals surface area contributed by atoms with Crippen molar-refractivity contribution in [1.29, 1.82) is 0 Å². The lowest BCUT2D eigenvalue weighted by atomic mass is 10.1. The van der Waals surface area contributed by atoms with Gasteiger partial charge < -0.3 is 0 Å². The normalized spacial score (nSPS) is 10.8. The molecule has 0 rings (SSSR count). The first-order valence-electron chi connectivity index (χ1n) is 11.6. The van der Waals surface area contributed by atoms with Gasteiger partial charge in [-0.2, -0.15) is 0 Å². The van der Waals surface area contributed by atoms with Crippen LogP contribution in [0.25, 0.3) is 0 Å². The Labute approximate surface area is 165 Å². The molecule has 0 aromatic heterocycles. The maximum Gasteiger partial charge on any atom is 0.261 e. The van der Waals surface area contributed by atoms with E-state index in [-0.39, 0.29) is 0 Å². The van der Waals surface area contributed by atoms with Gasteiger partial charge in [-0.15, -0.1) is 13.2 Å². The maximum atomic E-state index is 3.81. The van der Waals surface area contributed by atoms with Gasteiger partial charge in [-0.1, -0.05) is 112 Å². The van der Waals surface area contributed by atoms with Crippen molar-refractivity contribution >= 4 is 14.1 Å². The summed E-state index contributed by atoms with van der Waals surface area (Å²) in [4.78, 5) is 0. The average Bonchev–Trinajstić information content (AvgIpc) is 2.63. The highest BCUT2D eigenvalue weighted by Gasteiger charge is 2.15. The molecular weight excluding hydrogens is 315 g/mol. The standard InChI is InChI=1S/2C10H19.C4H9.Al/c2*1-3-5-7-9-10-8-6-4-2;1-3-4-2;/h2*3H,1-2,4-10H2;1,3-4H2,2H3;. The van der Waals surface area contributed by atoms with Crippen molar-refractivity contribution in [2.45, 2.75) is 126 Å². The molecule has 0 saturated carbocycles. The zero-order chi connectivity index (χ0) is 18.4. The Balaban J connectivity index is 3.57. The van der Waals surface area contributed by atoms with Gasteiger partial charge in [0.2, 0.25) is 0 Å². The first kappa shape index (κ1) is 25.0. The Kier molecular flexibility index (Phi) is 22.1. The van der Waals surface area contributed by atoms with Gasteiger partial charge in [0.1, 0.15) is 0 Å². The van der Waals surface area contributed by atoms with Crippen molar-refractivity contribution in [3.05, 3.63) is 25.3 Å². The van der Waals surface area contributed by atoms with Gasteiger partial charge in [0, 0.05) is 0 Å². The summed E-state index contributed by atoms with van der Waals surface area (Å²) in [5.74, 6) is 0. The molecule has 0 saturated heterocycles. The van der Waals surface area contributed by atoms with Gasteiger partial charge in [0.25, 0.3) is 14.1 Å². The van der Waals surface area contributed by atoms with E-state index >= 15 is 0 Å². The average molecular weight is 363 g/mol. The first-order valence-corrected chi connectivity index (χ1v) is 14.0. The van der Waals surface area contributed by atoms with Crippen LogP contribution in [0.3, 0.4) is 0 Å². The summed E-state index contributed by atoms with van der Waals surface area (Å²) in [6.45, 7) is 9.97. The van der Waals surface area contributed by atoms with E-state index in [2.05, 4.69) is 32.2 Å². The summed E-state index contributed by atoms with van der Waals surface area (Å²) in [7, 11) is 0. The number of hydrogen-bond acceptors (Lipinski definition) is 0. The minimum absolute atomic E-state index is 0.418. The molecule has 0 radical (unpaired) electrons. The van der Waals surface area contributed by atoms with Crippen LogP contribution in [-0.2, 0) is 0 Å². The summed E-state index contributed by atoms with van der Waals surface area (Å²) in [5.41, 5.74) is 0. The molecule has 146 valence electrons. The zero-order valence-electron chi connectivity index (χ0n) is 17.6. The molecule has 0 aliphatic rings. The summed E-state index contributed by atoms with van der Waals surface area (Å²) in [6.07, 6.45) is 26.8. The largest absolute Gasteiger partial charge is 0.261 e. The second-order valence-electron chi connectivity index (χ2n) is 7.98. The summed E-state index contributed by atoms with van der Waals surface area (Å²) >= 11 is -0.418. The van der Waals surface area contributed by atoms with Crippen LogP contribution in [0.4, 0.5) is 0 Å². The Morgan fingerprint density at radius 2 is 0.880 bits per heavy atom. The number of rotatable bonds is 21. The number of allylic oxidation sites excluding steroid dienone is 2. The lowest BCUT2D eigenvalue weighted by Gasteiger charge is -2.11. The Morgan fingerprint density at radius 3 is 1.28 bits per heavy atom. The van der Waals surface area contributed by atoms with Crippen molar-refractivity contribution < 1.29 is 0 Å². The quantitative estimate of drug-likeness (QED) is 0.108. The molecule has 0 aromatic carbocycles. The summed E-state index contributed by atoms with van der Waals surface area (Å²) < 4.78 is 0. The van der Waals surface area contributed by atoms with E-state index in [4.69, 9.17) is 0 Å². The molecular formula is C24H47Al. The van der Waals surface area contributed by atoms with Crippen LogP contribution in [0.15, 0.2) is 25.3 Å². The first-order chi connectivity index (χ1) is 12.3. The number of hydrogen-bond donors (Lipinski definition) is 0. The molecule has 1 heteroatoms. The Bertz CT molecular complexity index is 247. The van der Waals surface area contributed by atoms with E-state index in [1.165, 1.54) is 103 Å². The molecule has 0 fully saturated rings. The molecule has 0 aromatic rings. The monoisotopic (exact) mass is 362 g/mol. The van der Waals surface area contributed by atoms with Gasteiger partial charge in [-0.25, -0.2) is 0 Å².